The third-order valence-electron chi connectivity index (χ3n) is 2.19. The number of epoxide rings is 1. The minimum atomic E-state index is 0.504. The molecule has 1 aliphatic heterocycles. The molecule has 0 spiro atoms. The van der Waals surface area contributed by atoms with E-state index in [1.807, 2.05) is 18.2 Å². The van der Waals surface area contributed by atoms with Crippen LogP contribution in [0.15, 0.2) is 24.3 Å². The molecule has 0 bridgehead atoms. The van der Waals surface area contributed by atoms with Crippen molar-refractivity contribution in [2.45, 2.75) is 18.9 Å². The predicted molar refractivity (Wildman–Crippen MR) is 48.9 cm³/mol. The summed E-state index contributed by atoms with van der Waals surface area (Å²) in [6.45, 7) is 0.937. The van der Waals surface area contributed by atoms with Crippen LogP contribution in [0.3, 0.4) is 0 Å². The third kappa shape index (κ3) is 1.77. The van der Waals surface area contributed by atoms with Gasteiger partial charge in [-0.25, -0.2) is 0 Å². The van der Waals surface area contributed by atoms with Crippen LogP contribution in [0.1, 0.15) is 12.0 Å². The summed E-state index contributed by atoms with van der Waals surface area (Å²) in [5.74, 6) is 0. The summed E-state index contributed by atoms with van der Waals surface area (Å²) in [6, 6.07) is 8.02. The Balaban J connectivity index is 1.96. The molecule has 1 atom stereocenters. The van der Waals surface area contributed by atoms with E-state index < -0.39 is 0 Å². The standard InChI is InChI=1S/C10H13NO/c11-10-4-2-1-3-8(10)5-6-9-7-12-9/h1-4,9H,5-7,11H2. The topological polar surface area (TPSA) is 38.5 Å². The zero-order valence-electron chi connectivity index (χ0n) is 6.99. The summed E-state index contributed by atoms with van der Waals surface area (Å²) >= 11 is 0. The SMILES string of the molecule is Nc1ccccc1CCC1CO1. The maximum atomic E-state index is 5.79. The molecular formula is C10H13NO. The fourth-order valence-electron chi connectivity index (χ4n) is 1.31. The normalized spacial score (nSPS) is 20.8. The lowest BCUT2D eigenvalue weighted by molar-refractivity contribution is 0.397. The van der Waals surface area contributed by atoms with Gasteiger partial charge in [-0.2, -0.15) is 0 Å². The van der Waals surface area contributed by atoms with Gasteiger partial charge in [0.1, 0.15) is 0 Å². The van der Waals surface area contributed by atoms with Gasteiger partial charge in [0.25, 0.3) is 0 Å². The van der Waals surface area contributed by atoms with Crippen LogP contribution in [-0.4, -0.2) is 12.7 Å². The first kappa shape index (κ1) is 7.62. The van der Waals surface area contributed by atoms with E-state index in [0.29, 0.717) is 6.10 Å². The Bertz CT molecular complexity index is 268. The van der Waals surface area contributed by atoms with E-state index in [1.165, 1.54) is 5.56 Å². The van der Waals surface area contributed by atoms with E-state index in [-0.39, 0.29) is 0 Å². The zero-order chi connectivity index (χ0) is 8.39. The molecule has 12 heavy (non-hydrogen) atoms. The van der Waals surface area contributed by atoms with E-state index in [9.17, 15) is 0 Å². The highest BCUT2D eigenvalue weighted by Crippen LogP contribution is 2.19. The highest BCUT2D eigenvalue weighted by molar-refractivity contribution is 5.46. The molecule has 1 heterocycles. The molecule has 1 aromatic carbocycles. The van der Waals surface area contributed by atoms with Gasteiger partial charge in [-0.15, -0.1) is 0 Å². The maximum absolute atomic E-state index is 5.79. The third-order valence-corrected chi connectivity index (χ3v) is 2.19. The minimum absolute atomic E-state index is 0.504. The summed E-state index contributed by atoms with van der Waals surface area (Å²) in [7, 11) is 0. The molecule has 2 N–H and O–H groups in total. The van der Waals surface area contributed by atoms with Gasteiger partial charge in [0.2, 0.25) is 0 Å². The van der Waals surface area contributed by atoms with Crippen molar-refractivity contribution < 1.29 is 4.74 Å². The molecule has 1 aromatic rings. The first-order valence-electron chi connectivity index (χ1n) is 4.31. The van der Waals surface area contributed by atoms with Crippen molar-refractivity contribution in [3.05, 3.63) is 29.8 Å². The van der Waals surface area contributed by atoms with Crippen LogP contribution in [-0.2, 0) is 11.2 Å². The Labute approximate surface area is 72.3 Å². The van der Waals surface area contributed by atoms with Gasteiger partial charge in [-0.1, -0.05) is 18.2 Å². The molecule has 0 radical (unpaired) electrons. The first-order chi connectivity index (χ1) is 5.86. The van der Waals surface area contributed by atoms with Crippen LogP contribution >= 0.6 is 0 Å². The van der Waals surface area contributed by atoms with Crippen LogP contribution in [0.4, 0.5) is 5.69 Å². The fourth-order valence-corrected chi connectivity index (χ4v) is 1.31. The molecule has 1 fully saturated rings. The van der Waals surface area contributed by atoms with Crippen LogP contribution in [0.5, 0.6) is 0 Å². The Morgan fingerprint density at radius 3 is 2.83 bits per heavy atom. The molecule has 0 aliphatic carbocycles. The van der Waals surface area contributed by atoms with E-state index >= 15 is 0 Å². The molecule has 1 unspecified atom stereocenters. The first-order valence-corrected chi connectivity index (χ1v) is 4.31. The summed E-state index contributed by atoms with van der Waals surface area (Å²) in [5, 5.41) is 0. The maximum Gasteiger partial charge on any atom is 0.0813 e. The number of para-hydroxylation sites is 1. The molecule has 1 aliphatic rings. The van der Waals surface area contributed by atoms with Gasteiger partial charge < -0.3 is 10.5 Å². The minimum Gasteiger partial charge on any atom is -0.399 e. The number of rotatable bonds is 3. The Hall–Kier alpha value is -1.02. The smallest absolute Gasteiger partial charge is 0.0813 e. The lowest BCUT2D eigenvalue weighted by Crippen LogP contribution is -1.96. The van der Waals surface area contributed by atoms with Crippen molar-refractivity contribution in [2.75, 3.05) is 12.3 Å². The molecule has 1 saturated heterocycles. The van der Waals surface area contributed by atoms with Gasteiger partial charge in [0.05, 0.1) is 12.7 Å². The number of ether oxygens (including phenoxy) is 1. The molecular weight excluding hydrogens is 150 g/mol. The van der Waals surface area contributed by atoms with Crippen molar-refractivity contribution >= 4 is 5.69 Å². The quantitative estimate of drug-likeness (QED) is 0.543. The largest absolute Gasteiger partial charge is 0.399 e. The van der Waals surface area contributed by atoms with E-state index in [2.05, 4.69) is 6.07 Å². The average Bonchev–Trinajstić information content (AvgIpc) is 2.86. The number of nitrogens with two attached hydrogens (primary N) is 1. The number of aryl methyl sites for hydroxylation is 1. The molecule has 0 aromatic heterocycles. The van der Waals surface area contributed by atoms with Crippen LogP contribution < -0.4 is 5.73 Å². The van der Waals surface area contributed by atoms with Gasteiger partial charge in [0, 0.05) is 5.69 Å². The second kappa shape index (κ2) is 3.15. The van der Waals surface area contributed by atoms with Crippen molar-refractivity contribution in [1.29, 1.82) is 0 Å². The van der Waals surface area contributed by atoms with Crippen LogP contribution in [0.2, 0.25) is 0 Å². The number of benzene rings is 1. The molecule has 2 nitrogen and oxygen atoms in total. The van der Waals surface area contributed by atoms with Crippen LogP contribution in [0.25, 0.3) is 0 Å². The fraction of sp³-hybridized carbons (Fsp3) is 0.400. The van der Waals surface area contributed by atoms with E-state index in [0.717, 1.165) is 25.1 Å². The Morgan fingerprint density at radius 2 is 2.17 bits per heavy atom. The molecule has 0 saturated carbocycles. The Morgan fingerprint density at radius 1 is 1.42 bits per heavy atom. The molecule has 0 amide bonds. The highest BCUT2D eigenvalue weighted by atomic mass is 16.6. The Kier molecular flexibility index (Phi) is 2.00. The number of hydrogen-bond acceptors (Lipinski definition) is 2. The number of hydrogen-bond donors (Lipinski definition) is 1. The van der Waals surface area contributed by atoms with E-state index in [1.54, 1.807) is 0 Å². The lowest BCUT2D eigenvalue weighted by atomic mass is 10.1. The molecule has 2 rings (SSSR count). The number of nitrogen functional groups attached to an aromatic ring is 1. The second-order valence-corrected chi connectivity index (χ2v) is 3.19. The van der Waals surface area contributed by atoms with Gasteiger partial charge in [-0.05, 0) is 24.5 Å². The molecule has 64 valence electrons. The predicted octanol–water partition coefficient (Wildman–Crippen LogP) is 1.60. The van der Waals surface area contributed by atoms with Gasteiger partial charge in [0.15, 0.2) is 0 Å². The zero-order valence-corrected chi connectivity index (χ0v) is 6.99. The average molecular weight is 163 g/mol. The summed E-state index contributed by atoms with van der Waals surface area (Å²) in [4.78, 5) is 0. The molecule has 2 heteroatoms. The second-order valence-electron chi connectivity index (χ2n) is 3.19. The number of anilines is 1. The summed E-state index contributed by atoms with van der Waals surface area (Å²) < 4.78 is 5.13. The van der Waals surface area contributed by atoms with Gasteiger partial charge >= 0.3 is 0 Å². The summed E-state index contributed by atoms with van der Waals surface area (Å²) in [5.41, 5.74) is 7.93. The monoisotopic (exact) mass is 163 g/mol. The summed E-state index contributed by atoms with van der Waals surface area (Å²) in [6.07, 6.45) is 2.65. The van der Waals surface area contributed by atoms with Gasteiger partial charge in [-0.3, -0.25) is 0 Å². The van der Waals surface area contributed by atoms with Crippen molar-refractivity contribution in [3.8, 4) is 0 Å². The van der Waals surface area contributed by atoms with Crippen molar-refractivity contribution in [2.24, 2.45) is 0 Å². The van der Waals surface area contributed by atoms with Crippen LogP contribution in [0, 0.1) is 0 Å². The van der Waals surface area contributed by atoms with Crippen molar-refractivity contribution in [1.82, 2.24) is 0 Å². The van der Waals surface area contributed by atoms with E-state index in [4.69, 9.17) is 10.5 Å². The lowest BCUT2D eigenvalue weighted by Gasteiger charge is -2.02. The van der Waals surface area contributed by atoms with Crippen molar-refractivity contribution in [3.63, 3.8) is 0 Å². The highest BCUT2D eigenvalue weighted by Gasteiger charge is 2.21.